The molecule has 0 bridgehead atoms. The molecule has 0 unspecified atom stereocenters. The summed E-state index contributed by atoms with van der Waals surface area (Å²) in [6.45, 7) is 0.659. The van der Waals surface area contributed by atoms with E-state index in [0.717, 1.165) is 0 Å². The molecule has 0 aromatic heterocycles. The fourth-order valence-electron chi connectivity index (χ4n) is 3.21. The second kappa shape index (κ2) is 6.37. The van der Waals surface area contributed by atoms with E-state index in [4.69, 9.17) is 16.3 Å². The van der Waals surface area contributed by atoms with Crippen LogP contribution >= 0.6 is 11.6 Å². The summed E-state index contributed by atoms with van der Waals surface area (Å²) in [6, 6.07) is 3.87. The maximum absolute atomic E-state index is 13.9. The molecule has 2 atom stereocenters. The summed E-state index contributed by atoms with van der Waals surface area (Å²) in [5.41, 5.74) is 0.149. The van der Waals surface area contributed by atoms with Crippen molar-refractivity contribution in [2.45, 2.75) is 24.1 Å². The summed E-state index contributed by atoms with van der Waals surface area (Å²) >= 11 is 5.97. The minimum Gasteiger partial charge on any atom is -0.380 e. The van der Waals surface area contributed by atoms with Gasteiger partial charge in [-0.2, -0.15) is 0 Å². The molecule has 0 radical (unpaired) electrons. The Morgan fingerprint density at radius 1 is 1.43 bits per heavy atom. The molecule has 3 rings (SSSR count). The van der Waals surface area contributed by atoms with Gasteiger partial charge >= 0.3 is 0 Å². The Morgan fingerprint density at radius 2 is 2.22 bits per heavy atom. The van der Waals surface area contributed by atoms with Crippen LogP contribution < -0.4 is 0 Å². The van der Waals surface area contributed by atoms with Crippen LogP contribution in [0.4, 0.5) is 4.39 Å². The van der Waals surface area contributed by atoms with Crippen LogP contribution in [-0.2, 0) is 25.8 Å². The average Bonchev–Trinajstić information content (AvgIpc) is 2.51. The van der Waals surface area contributed by atoms with E-state index in [2.05, 4.69) is 0 Å². The molecule has 126 valence electrons. The van der Waals surface area contributed by atoms with E-state index in [1.165, 1.54) is 18.2 Å². The van der Waals surface area contributed by atoms with Gasteiger partial charge in [0.2, 0.25) is 5.91 Å². The molecule has 2 heterocycles. The molecule has 2 aliphatic heterocycles. The van der Waals surface area contributed by atoms with Gasteiger partial charge in [0.25, 0.3) is 0 Å². The van der Waals surface area contributed by atoms with Crippen LogP contribution in [0.25, 0.3) is 0 Å². The van der Waals surface area contributed by atoms with Crippen molar-refractivity contribution >= 4 is 27.3 Å². The van der Waals surface area contributed by atoms with Crippen LogP contribution in [0.5, 0.6) is 0 Å². The fraction of sp³-hybridized carbons (Fsp3) is 0.533. The summed E-state index contributed by atoms with van der Waals surface area (Å²) < 4.78 is 43.4. The van der Waals surface area contributed by atoms with Crippen LogP contribution in [0.1, 0.15) is 12.0 Å². The van der Waals surface area contributed by atoms with Crippen LogP contribution in [-0.4, -0.2) is 56.0 Å². The Balaban J connectivity index is 1.82. The van der Waals surface area contributed by atoms with E-state index in [1.807, 2.05) is 0 Å². The lowest BCUT2D eigenvalue weighted by atomic mass is 10.0. The van der Waals surface area contributed by atoms with E-state index in [-0.39, 0.29) is 41.8 Å². The number of nitrogens with zero attached hydrogens (tertiary/aromatic N) is 1. The zero-order valence-electron chi connectivity index (χ0n) is 12.4. The number of rotatable bonds is 2. The topological polar surface area (TPSA) is 63.7 Å². The van der Waals surface area contributed by atoms with Crippen molar-refractivity contribution < 1.29 is 22.3 Å². The molecular weight excluding hydrogens is 345 g/mol. The zero-order valence-corrected chi connectivity index (χ0v) is 13.9. The number of halogens is 2. The zero-order chi connectivity index (χ0) is 16.6. The number of amides is 1. The number of fused-ring (bicyclic) bond motifs is 1. The van der Waals surface area contributed by atoms with Crippen molar-refractivity contribution in [3.63, 3.8) is 0 Å². The predicted molar refractivity (Wildman–Crippen MR) is 83.6 cm³/mol. The quantitative estimate of drug-likeness (QED) is 0.799. The van der Waals surface area contributed by atoms with Crippen LogP contribution in [0.15, 0.2) is 18.2 Å². The lowest BCUT2D eigenvalue weighted by Gasteiger charge is -2.43. The van der Waals surface area contributed by atoms with E-state index < -0.39 is 26.9 Å². The van der Waals surface area contributed by atoms with Gasteiger partial charge in [-0.3, -0.25) is 4.79 Å². The maximum atomic E-state index is 13.9. The molecule has 0 spiro atoms. The van der Waals surface area contributed by atoms with Crippen molar-refractivity contribution in [2.24, 2.45) is 0 Å². The van der Waals surface area contributed by atoms with Crippen molar-refractivity contribution in [1.82, 2.24) is 4.90 Å². The summed E-state index contributed by atoms with van der Waals surface area (Å²) in [4.78, 5) is 14.2. The van der Waals surface area contributed by atoms with Gasteiger partial charge in [-0.15, -0.1) is 0 Å². The maximum Gasteiger partial charge on any atom is 0.227 e. The predicted octanol–water partition coefficient (Wildman–Crippen LogP) is 1.44. The van der Waals surface area contributed by atoms with Gasteiger partial charge < -0.3 is 9.64 Å². The van der Waals surface area contributed by atoms with E-state index in [9.17, 15) is 17.6 Å². The normalized spacial score (nSPS) is 26.6. The minimum absolute atomic E-state index is 0.0890. The summed E-state index contributed by atoms with van der Waals surface area (Å²) in [5, 5.41) is -0.489. The van der Waals surface area contributed by atoms with Gasteiger partial charge in [0, 0.05) is 23.7 Å². The van der Waals surface area contributed by atoms with Gasteiger partial charge in [-0.05, 0) is 18.6 Å². The van der Waals surface area contributed by atoms with Crippen molar-refractivity contribution in [1.29, 1.82) is 0 Å². The molecule has 1 aromatic rings. The molecular formula is C15H17ClFNO4S. The molecule has 5 nitrogen and oxygen atoms in total. The average molecular weight is 362 g/mol. The smallest absolute Gasteiger partial charge is 0.227 e. The number of sulfone groups is 1. The molecule has 2 saturated heterocycles. The Labute approximate surface area is 139 Å². The molecule has 23 heavy (non-hydrogen) atoms. The molecule has 0 saturated carbocycles. The SMILES string of the molecule is O=C(Cc1c(F)cccc1Cl)N1CCS(=O)(=O)[C@@H]2COCC[C@H]21. The first-order valence-corrected chi connectivity index (χ1v) is 9.51. The van der Waals surface area contributed by atoms with E-state index in [0.29, 0.717) is 13.0 Å². The van der Waals surface area contributed by atoms with Gasteiger partial charge in [0.05, 0.1) is 24.8 Å². The number of carbonyl (C=O) groups is 1. The molecule has 0 N–H and O–H groups in total. The summed E-state index contributed by atoms with van der Waals surface area (Å²) in [7, 11) is -3.26. The summed E-state index contributed by atoms with van der Waals surface area (Å²) in [6.07, 6.45) is 0.302. The van der Waals surface area contributed by atoms with Gasteiger partial charge in [-0.25, -0.2) is 12.8 Å². The highest BCUT2D eigenvalue weighted by Gasteiger charge is 2.45. The van der Waals surface area contributed by atoms with Crippen molar-refractivity contribution in [3.8, 4) is 0 Å². The third-order valence-corrected chi connectivity index (χ3v) is 6.94. The molecule has 2 aliphatic rings. The largest absolute Gasteiger partial charge is 0.380 e. The van der Waals surface area contributed by atoms with Crippen LogP contribution in [0.2, 0.25) is 5.02 Å². The molecule has 0 aliphatic carbocycles. The monoisotopic (exact) mass is 361 g/mol. The molecule has 1 aromatic carbocycles. The Kier molecular flexibility index (Phi) is 4.62. The second-order valence-electron chi connectivity index (χ2n) is 5.80. The first-order chi connectivity index (χ1) is 10.9. The first-order valence-electron chi connectivity index (χ1n) is 7.42. The standard InChI is InChI=1S/C15H17ClFNO4S/c16-11-2-1-3-12(17)10(11)8-15(19)18-5-7-23(20,21)14-9-22-6-4-13(14)18/h1-3,13-14H,4-9H2/t13-,14-/m1/s1. The highest BCUT2D eigenvalue weighted by Crippen LogP contribution is 2.28. The van der Waals surface area contributed by atoms with Crippen LogP contribution in [0, 0.1) is 5.82 Å². The second-order valence-corrected chi connectivity index (χ2v) is 8.55. The number of benzene rings is 1. The number of carbonyl (C=O) groups excluding carboxylic acids is 1. The number of ether oxygens (including phenoxy) is 1. The number of hydrogen-bond acceptors (Lipinski definition) is 4. The van der Waals surface area contributed by atoms with Crippen molar-refractivity contribution in [2.75, 3.05) is 25.5 Å². The van der Waals surface area contributed by atoms with Gasteiger partial charge in [-0.1, -0.05) is 17.7 Å². The number of hydrogen-bond donors (Lipinski definition) is 0. The third kappa shape index (κ3) is 3.22. The molecule has 8 heteroatoms. The lowest BCUT2D eigenvalue weighted by molar-refractivity contribution is -0.134. The first kappa shape index (κ1) is 16.7. The van der Waals surface area contributed by atoms with E-state index in [1.54, 1.807) is 4.90 Å². The summed E-state index contributed by atoms with van der Waals surface area (Å²) in [5.74, 6) is -0.920. The Bertz CT molecular complexity index is 704. The minimum atomic E-state index is -3.26. The molecule has 1 amide bonds. The van der Waals surface area contributed by atoms with Gasteiger partial charge in [0.15, 0.2) is 9.84 Å². The highest BCUT2D eigenvalue weighted by atomic mass is 35.5. The Morgan fingerprint density at radius 3 is 2.96 bits per heavy atom. The van der Waals surface area contributed by atoms with E-state index >= 15 is 0 Å². The molecule has 2 fully saturated rings. The van der Waals surface area contributed by atoms with Crippen molar-refractivity contribution in [3.05, 3.63) is 34.6 Å². The third-order valence-electron chi connectivity index (χ3n) is 4.46. The highest BCUT2D eigenvalue weighted by molar-refractivity contribution is 7.92. The lowest BCUT2D eigenvalue weighted by Crippen LogP contribution is -2.60. The Hall–Kier alpha value is -1.18. The van der Waals surface area contributed by atoms with Crippen LogP contribution in [0.3, 0.4) is 0 Å². The van der Waals surface area contributed by atoms with Gasteiger partial charge in [0.1, 0.15) is 11.1 Å². The fourth-order valence-corrected chi connectivity index (χ4v) is 5.26.